The molecule has 0 amide bonds. The molecule has 0 aliphatic rings. The number of carbonyl (C=O) groups excluding carboxylic acids is 1. The van der Waals surface area contributed by atoms with Gasteiger partial charge in [0.05, 0.1) is 0 Å². The normalized spacial score (nSPS) is 10.5. The van der Waals surface area contributed by atoms with Gasteiger partial charge in [-0.05, 0) is 12.1 Å². The zero-order valence-corrected chi connectivity index (χ0v) is 7.13. The second-order valence-electron chi connectivity index (χ2n) is 2.87. The second-order valence-corrected chi connectivity index (χ2v) is 2.87. The number of fused-ring (bicyclic) bond motifs is 1. The van der Waals surface area contributed by atoms with Crippen molar-refractivity contribution in [3.8, 4) is 0 Å². The molecule has 66 valence electrons. The second kappa shape index (κ2) is 2.99. The Morgan fingerprint density at radius 3 is 3.15 bits per heavy atom. The van der Waals surface area contributed by atoms with Crippen LogP contribution in [0.2, 0.25) is 0 Å². The van der Waals surface area contributed by atoms with Crippen LogP contribution in [0.25, 0.3) is 11.0 Å². The first-order valence-electron chi connectivity index (χ1n) is 4.12. The van der Waals surface area contributed by atoms with Gasteiger partial charge in [-0.15, -0.1) is 0 Å². The summed E-state index contributed by atoms with van der Waals surface area (Å²) < 4.78 is 0. The van der Waals surface area contributed by atoms with Crippen LogP contribution in [0.3, 0.4) is 0 Å². The van der Waals surface area contributed by atoms with E-state index in [0.717, 1.165) is 11.0 Å². The molecule has 0 aliphatic heterocycles. The molecule has 5 N–H and O–H groups in total. The van der Waals surface area contributed by atoms with E-state index in [1.54, 1.807) is 12.4 Å². The molecule has 0 saturated carbocycles. The molecule has 0 unspecified atom stereocenters. The van der Waals surface area contributed by atoms with Gasteiger partial charge < -0.3 is 5.73 Å². The summed E-state index contributed by atoms with van der Waals surface area (Å²) in [6.45, 7) is 0.302. The van der Waals surface area contributed by atoms with E-state index in [4.69, 9.17) is 0 Å². The van der Waals surface area contributed by atoms with Crippen molar-refractivity contribution in [2.75, 3.05) is 6.54 Å². The van der Waals surface area contributed by atoms with Crippen LogP contribution in [0.4, 0.5) is 0 Å². The van der Waals surface area contributed by atoms with Crippen LogP contribution >= 0.6 is 0 Å². The van der Waals surface area contributed by atoms with Gasteiger partial charge >= 0.3 is 0 Å². The molecule has 0 saturated heterocycles. The number of hydrogen-bond acceptors (Lipinski definition) is 1. The fraction of sp³-hybridized carbons (Fsp3) is 0.111. The summed E-state index contributed by atoms with van der Waals surface area (Å²) in [6.07, 6.45) is 1.74. The summed E-state index contributed by atoms with van der Waals surface area (Å²) in [4.78, 5) is 17.3. The molecule has 1 heterocycles. The molecule has 0 aliphatic carbocycles. The number of imidazole rings is 1. The van der Waals surface area contributed by atoms with Gasteiger partial charge in [0.2, 0.25) is 12.1 Å². The monoisotopic (exact) mass is 177 g/mol. The van der Waals surface area contributed by atoms with Crippen molar-refractivity contribution in [2.24, 2.45) is 0 Å². The zero-order valence-electron chi connectivity index (χ0n) is 7.13. The average Bonchev–Trinajstić information content (AvgIpc) is 2.63. The number of aromatic nitrogens is 2. The lowest BCUT2D eigenvalue weighted by molar-refractivity contribution is -0.349. The van der Waals surface area contributed by atoms with E-state index >= 15 is 0 Å². The molecule has 13 heavy (non-hydrogen) atoms. The van der Waals surface area contributed by atoms with Gasteiger partial charge in [0.15, 0.2) is 11.0 Å². The predicted octanol–water partition coefficient (Wildman–Crippen LogP) is -0.593. The molecule has 0 spiro atoms. The lowest BCUT2D eigenvalue weighted by Gasteiger charge is -1.92. The van der Waals surface area contributed by atoms with E-state index in [9.17, 15) is 4.79 Å². The summed E-state index contributed by atoms with van der Waals surface area (Å²) >= 11 is 0. The van der Waals surface area contributed by atoms with Crippen molar-refractivity contribution in [3.63, 3.8) is 0 Å². The third-order valence-electron chi connectivity index (χ3n) is 2.02. The SMILES string of the molecule is [NH3+]CC(=O)c1ccc2[nH+]c[nH]c2c1. The van der Waals surface area contributed by atoms with Gasteiger partial charge in [0.1, 0.15) is 6.54 Å². The van der Waals surface area contributed by atoms with E-state index in [1.807, 2.05) is 12.1 Å². The number of carbonyl (C=O) groups is 1. The van der Waals surface area contributed by atoms with E-state index in [-0.39, 0.29) is 5.78 Å². The number of hydrogen-bond donors (Lipinski definition) is 2. The number of aromatic amines is 2. The topological polar surface area (TPSA) is 74.6 Å². The number of rotatable bonds is 2. The standard InChI is InChI=1S/C9H9N3O/c10-4-9(13)6-1-2-7-8(3-6)12-5-11-7/h1-3,5H,4,10H2,(H,11,12)/p+2. The van der Waals surface area contributed by atoms with Gasteiger partial charge in [0, 0.05) is 11.6 Å². The molecule has 0 bridgehead atoms. The van der Waals surface area contributed by atoms with E-state index in [1.165, 1.54) is 0 Å². The molecular weight excluding hydrogens is 166 g/mol. The minimum Gasteiger partial charge on any atom is -0.351 e. The Hall–Kier alpha value is -1.68. The van der Waals surface area contributed by atoms with Crippen LogP contribution in [0, 0.1) is 0 Å². The van der Waals surface area contributed by atoms with Crippen molar-refractivity contribution in [2.45, 2.75) is 0 Å². The Morgan fingerprint density at radius 2 is 2.38 bits per heavy atom. The predicted molar refractivity (Wildman–Crippen MR) is 46.9 cm³/mol. The van der Waals surface area contributed by atoms with Crippen LogP contribution in [-0.4, -0.2) is 17.3 Å². The van der Waals surface area contributed by atoms with Crippen molar-refractivity contribution in [3.05, 3.63) is 30.1 Å². The first-order valence-corrected chi connectivity index (χ1v) is 4.12. The first kappa shape index (κ1) is 7.94. The smallest absolute Gasteiger partial charge is 0.240 e. The molecular formula is C9H11N3O+2. The third kappa shape index (κ3) is 1.31. The van der Waals surface area contributed by atoms with Gasteiger partial charge in [-0.3, -0.25) is 4.79 Å². The van der Waals surface area contributed by atoms with Gasteiger partial charge in [-0.25, -0.2) is 9.97 Å². The number of ketones is 1. The number of H-pyrrole nitrogens is 2. The maximum absolute atomic E-state index is 11.3. The molecule has 0 atom stereocenters. The molecule has 4 nitrogen and oxygen atoms in total. The van der Waals surface area contributed by atoms with Crippen LogP contribution in [0.1, 0.15) is 10.4 Å². The highest BCUT2D eigenvalue weighted by Crippen LogP contribution is 2.09. The Bertz CT molecular complexity index is 447. The highest BCUT2D eigenvalue weighted by Gasteiger charge is 2.08. The molecule has 2 aromatic rings. The minimum atomic E-state index is 0.0662. The van der Waals surface area contributed by atoms with Crippen LogP contribution in [-0.2, 0) is 0 Å². The van der Waals surface area contributed by atoms with Crippen LogP contribution in [0.5, 0.6) is 0 Å². The van der Waals surface area contributed by atoms with Gasteiger partial charge in [-0.1, -0.05) is 0 Å². The van der Waals surface area contributed by atoms with Crippen molar-refractivity contribution in [1.29, 1.82) is 0 Å². The van der Waals surface area contributed by atoms with Gasteiger partial charge in [0.25, 0.3) is 0 Å². The van der Waals surface area contributed by atoms with E-state index in [0.29, 0.717) is 12.1 Å². The molecule has 2 rings (SSSR count). The summed E-state index contributed by atoms with van der Waals surface area (Å²) in [5, 5.41) is 0. The number of nitrogens with one attached hydrogen (secondary N) is 2. The summed E-state index contributed by atoms with van der Waals surface area (Å²) in [6, 6.07) is 5.52. The Balaban J connectivity index is 2.54. The van der Waals surface area contributed by atoms with Gasteiger partial charge in [-0.2, -0.15) is 0 Å². The quantitative estimate of drug-likeness (QED) is 0.591. The fourth-order valence-electron chi connectivity index (χ4n) is 1.30. The lowest BCUT2D eigenvalue weighted by atomic mass is 10.1. The Morgan fingerprint density at radius 1 is 1.54 bits per heavy atom. The first-order chi connectivity index (χ1) is 6.31. The average molecular weight is 177 g/mol. The number of quaternary nitrogens is 1. The molecule has 1 aromatic heterocycles. The van der Waals surface area contributed by atoms with Crippen molar-refractivity contribution in [1.82, 2.24) is 4.98 Å². The van der Waals surface area contributed by atoms with Crippen molar-refractivity contribution >= 4 is 16.8 Å². The maximum Gasteiger partial charge on any atom is 0.240 e. The third-order valence-corrected chi connectivity index (χ3v) is 2.02. The Kier molecular flexibility index (Phi) is 1.83. The molecule has 1 aromatic carbocycles. The van der Waals surface area contributed by atoms with Crippen molar-refractivity contribution < 1.29 is 15.5 Å². The van der Waals surface area contributed by atoms with E-state index in [2.05, 4.69) is 15.7 Å². The Labute approximate surface area is 74.8 Å². The minimum absolute atomic E-state index is 0.0662. The van der Waals surface area contributed by atoms with Crippen LogP contribution in [0.15, 0.2) is 24.5 Å². The van der Waals surface area contributed by atoms with E-state index < -0.39 is 0 Å². The number of benzene rings is 1. The lowest BCUT2D eigenvalue weighted by Crippen LogP contribution is -2.54. The summed E-state index contributed by atoms with van der Waals surface area (Å²) in [5.74, 6) is 0.0662. The zero-order chi connectivity index (χ0) is 9.26. The summed E-state index contributed by atoms with van der Waals surface area (Å²) in [5.41, 5.74) is 6.21. The molecule has 4 heteroatoms. The fourth-order valence-corrected chi connectivity index (χ4v) is 1.30. The van der Waals surface area contributed by atoms with Crippen LogP contribution < -0.4 is 10.7 Å². The molecule has 0 radical (unpaired) electrons. The molecule has 0 fully saturated rings. The largest absolute Gasteiger partial charge is 0.351 e. The highest BCUT2D eigenvalue weighted by molar-refractivity contribution is 5.99. The summed E-state index contributed by atoms with van der Waals surface area (Å²) in [7, 11) is 0. The maximum atomic E-state index is 11.3. The highest BCUT2D eigenvalue weighted by atomic mass is 16.1. The number of Topliss-reactive ketones (excluding diaryl/α,β-unsaturated/α-hetero) is 1.